The van der Waals surface area contributed by atoms with E-state index < -0.39 is 0 Å². The summed E-state index contributed by atoms with van der Waals surface area (Å²) >= 11 is 0. The summed E-state index contributed by atoms with van der Waals surface area (Å²) in [6, 6.07) is 25.9. The Morgan fingerprint density at radius 1 is 0.500 bits per heavy atom. The molecule has 0 heterocycles. The lowest BCUT2D eigenvalue weighted by atomic mass is 10.0. The Morgan fingerprint density at radius 3 is 1.23 bits per heavy atom. The fourth-order valence-electron chi connectivity index (χ4n) is 2.54. The summed E-state index contributed by atoms with van der Waals surface area (Å²) in [6.07, 6.45) is 6.67. The van der Waals surface area contributed by atoms with Gasteiger partial charge in [0.25, 0.3) is 0 Å². The molecule has 0 aliphatic heterocycles. The van der Waals surface area contributed by atoms with E-state index in [2.05, 4.69) is 0 Å². The zero-order valence-electron chi connectivity index (χ0n) is 14.2. The first-order valence-corrected chi connectivity index (χ1v) is 8.38. The average molecular weight is 338 g/mol. The van der Waals surface area contributed by atoms with Crippen molar-refractivity contribution in [2.75, 3.05) is 0 Å². The van der Waals surface area contributed by atoms with Crippen LogP contribution in [0.4, 0.5) is 0 Å². The Bertz CT molecular complexity index is 871. The molecule has 0 aromatic heterocycles. The van der Waals surface area contributed by atoms with Crippen molar-refractivity contribution in [2.45, 2.75) is 0 Å². The number of carbonyl (C=O) groups is 2. The Balaban J connectivity index is 1.78. The summed E-state index contributed by atoms with van der Waals surface area (Å²) < 4.78 is 0. The minimum atomic E-state index is -0.0512. The van der Waals surface area contributed by atoms with E-state index in [0.717, 1.165) is 11.1 Å². The van der Waals surface area contributed by atoms with E-state index in [-0.39, 0.29) is 11.6 Å². The van der Waals surface area contributed by atoms with Crippen molar-refractivity contribution in [3.05, 3.63) is 119 Å². The van der Waals surface area contributed by atoms with Gasteiger partial charge in [-0.2, -0.15) is 0 Å². The molecule has 0 aliphatic carbocycles. The Morgan fingerprint density at radius 2 is 0.846 bits per heavy atom. The van der Waals surface area contributed by atoms with Crippen molar-refractivity contribution in [1.82, 2.24) is 0 Å². The number of hydrogen-bond acceptors (Lipinski definition) is 2. The first kappa shape index (κ1) is 17.3. The van der Waals surface area contributed by atoms with Crippen molar-refractivity contribution < 1.29 is 9.59 Å². The van der Waals surface area contributed by atoms with Crippen molar-refractivity contribution in [3.8, 4) is 0 Å². The van der Waals surface area contributed by atoms with E-state index in [1.165, 1.54) is 0 Å². The van der Waals surface area contributed by atoms with Crippen LogP contribution in [0, 0.1) is 0 Å². The highest BCUT2D eigenvalue weighted by Gasteiger charge is 2.02. The lowest BCUT2D eigenvalue weighted by molar-refractivity contribution is 0.103. The van der Waals surface area contributed by atoms with Crippen LogP contribution in [0.5, 0.6) is 0 Å². The van der Waals surface area contributed by atoms with Crippen molar-refractivity contribution in [1.29, 1.82) is 0 Å². The molecule has 3 aromatic carbocycles. The normalized spacial score (nSPS) is 11.1. The molecule has 0 bridgehead atoms. The molecule has 0 fully saturated rings. The predicted octanol–water partition coefficient (Wildman–Crippen LogP) is 5.48. The van der Waals surface area contributed by atoms with Crippen LogP contribution in [-0.2, 0) is 0 Å². The molecule has 126 valence electrons. The summed E-state index contributed by atoms with van der Waals surface area (Å²) in [4.78, 5) is 24.4. The molecule has 0 spiro atoms. The van der Waals surface area contributed by atoms with Gasteiger partial charge in [0.1, 0.15) is 0 Å². The third-order valence-corrected chi connectivity index (χ3v) is 3.94. The molecule has 0 unspecified atom stereocenters. The molecule has 0 radical (unpaired) electrons. The van der Waals surface area contributed by atoms with Crippen LogP contribution in [0.1, 0.15) is 31.8 Å². The maximum Gasteiger partial charge on any atom is 0.185 e. The highest BCUT2D eigenvalue weighted by molar-refractivity contribution is 6.08. The van der Waals surface area contributed by atoms with Gasteiger partial charge in [0.05, 0.1) is 0 Å². The molecular formula is C24H18O2. The van der Waals surface area contributed by atoms with E-state index in [0.29, 0.717) is 11.1 Å². The highest BCUT2D eigenvalue weighted by atomic mass is 16.1. The third-order valence-electron chi connectivity index (χ3n) is 3.94. The minimum absolute atomic E-state index is 0.0512. The second-order valence-corrected chi connectivity index (χ2v) is 5.76. The number of hydrogen-bond donors (Lipinski definition) is 0. The zero-order chi connectivity index (χ0) is 18.2. The predicted molar refractivity (Wildman–Crippen MR) is 106 cm³/mol. The van der Waals surface area contributed by atoms with Gasteiger partial charge in [0.2, 0.25) is 0 Å². The van der Waals surface area contributed by atoms with Crippen LogP contribution < -0.4 is 0 Å². The van der Waals surface area contributed by atoms with Crippen LogP contribution in [0.25, 0.3) is 12.2 Å². The quantitative estimate of drug-likeness (QED) is 0.440. The molecule has 2 nitrogen and oxygen atoms in total. The van der Waals surface area contributed by atoms with Gasteiger partial charge < -0.3 is 0 Å². The van der Waals surface area contributed by atoms with Gasteiger partial charge in [0.15, 0.2) is 11.6 Å². The smallest absolute Gasteiger partial charge is 0.185 e. The first-order valence-electron chi connectivity index (χ1n) is 8.38. The van der Waals surface area contributed by atoms with Crippen molar-refractivity contribution in [2.24, 2.45) is 0 Å². The first-order chi connectivity index (χ1) is 12.7. The SMILES string of the molecule is O=C(C=Cc1ccccc1C=CC(=O)c1ccccc1)c1ccccc1. The fraction of sp³-hybridized carbons (Fsp3) is 0. The van der Waals surface area contributed by atoms with Gasteiger partial charge >= 0.3 is 0 Å². The van der Waals surface area contributed by atoms with Crippen LogP contribution in [0.15, 0.2) is 97.1 Å². The van der Waals surface area contributed by atoms with E-state index in [1.54, 1.807) is 48.6 Å². The van der Waals surface area contributed by atoms with Crippen LogP contribution in [-0.4, -0.2) is 11.6 Å². The Hall–Kier alpha value is -3.52. The Kier molecular flexibility index (Phi) is 5.69. The largest absolute Gasteiger partial charge is 0.289 e. The van der Waals surface area contributed by atoms with Gasteiger partial charge in [-0.15, -0.1) is 0 Å². The maximum absolute atomic E-state index is 12.2. The van der Waals surface area contributed by atoms with Crippen LogP contribution in [0.2, 0.25) is 0 Å². The van der Waals surface area contributed by atoms with E-state index >= 15 is 0 Å². The number of rotatable bonds is 6. The molecule has 0 atom stereocenters. The van der Waals surface area contributed by atoms with Gasteiger partial charge in [0, 0.05) is 11.1 Å². The average Bonchev–Trinajstić information content (AvgIpc) is 2.72. The maximum atomic E-state index is 12.2. The van der Waals surface area contributed by atoms with Crippen molar-refractivity contribution in [3.63, 3.8) is 0 Å². The lowest BCUT2D eigenvalue weighted by Crippen LogP contribution is -1.94. The van der Waals surface area contributed by atoms with Gasteiger partial charge in [-0.3, -0.25) is 9.59 Å². The summed E-state index contributed by atoms with van der Waals surface area (Å²) in [5.41, 5.74) is 3.06. The molecular weight excluding hydrogens is 320 g/mol. The molecule has 0 saturated carbocycles. The number of allylic oxidation sites excluding steroid dienone is 2. The fourth-order valence-corrected chi connectivity index (χ4v) is 2.54. The van der Waals surface area contributed by atoms with E-state index in [1.807, 2.05) is 60.7 Å². The monoisotopic (exact) mass is 338 g/mol. The van der Waals surface area contributed by atoms with Crippen molar-refractivity contribution >= 4 is 23.7 Å². The Labute approximate surface area is 153 Å². The topological polar surface area (TPSA) is 34.1 Å². The third kappa shape index (κ3) is 4.52. The van der Waals surface area contributed by atoms with E-state index in [4.69, 9.17) is 0 Å². The summed E-state index contributed by atoms with van der Waals surface area (Å²) in [5.74, 6) is -0.102. The molecule has 3 rings (SSSR count). The van der Waals surface area contributed by atoms with Gasteiger partial charge in [-0.05, 0) is 23.3 Å². The summed E-state index contributed by atoms with van der Waals surface area (Å²) in [6.45, 7) is 0. The van der Waals surface area contributed by atoms with Crippen LogP contribution in [0.3, 0.4) is 0 Å². The number of carbonyl (C=O) groups excluding carboxylic acids is 2. The minimum Gasteiger partial charge on any atom is -0.289 e. The number of benzene rings is 3. The van der Waals surface area contributed by atoms with E-state index in [9.17, 15) is 9.59 Å². The molecule has 3 aromatic rings. The molecule has 0 N–H and O–H groups in total. The number of ketones is 2. The lowest BCUT2D eigenvalue weighted by Gasteiger charge is -2.01. The molecule has 0 aliphatic rings. The standard InChI is InChI=1S/C24H18O2/c25-23(21-11-3-1-4-12-21)17-15-19-9-7-8-10-20(19)16-18-24(26)22-13-5-2-6-14-22/h1-18H. The molecule has 2 heteroatoms. The van der Waals surface area contributed by atoms with Gasteiger partial charge in [-0.1, -0.05) is 97.1 Å². The summed E-state index contributed by atoms with van der Waals surface area (Å²) in [7, 11) is 0. The van der Waals surface area contributed by atoms with Gasteiger partial charge in [-0.25, -0.2) is 0 Å². The zero-order valence-corrected chi connectivity index (χ0v) is 14.2. The molecule has 0 amide bonds. The summed E-state index contributed by atoms with van der Waals surface area (Å²) in [5, 5.41) is 0. The molecule has 0 saturated heterocycles. The highest BCUT2D eigenvalue weighted by Crippen LogP contribution is 2.14. The second kappa shape index (κ2) is 8.54. The molecule has 26 heavy (non-hydrogen) atoms. The second-order valence-electron chi connectivity index (χ2n) is 5.76. The van der Waals surface area contributed by atoms with Crippen LogP contribution >= 0.6 is 0 Å².